The van der Waals surface area contributed by atoms with Crippen molar-refractivity contribution >= 4 is 15.9 Å². The van der Waals surface area contributed by atoms with Crippen molar-refractivity contribution in [1.29, 1.82) is 0 Å². The van der Waals surface area contributed by atoms with Gasteiger partial charge in [-0.2, -0.15) is 0 Å². The smallest absolute Gasteiger partial charge is 0.0175 e. The molecule has 1 heterocycles. The molecule has 0 saturated carbocycles. The molecule has 1 saturated heterocycles. The molecule has 0 aromatic heterocycles. The number of rotatable bonds is 2. The quantitative estimate of drug-likeness (QED) is 0.909. The van der Waals surface area contributed by atoms with Crippen LogP contribution in [0.3, 0.4) is 0 Å². The van der Waals surface area contributed by atoms with Crippen molar-refractivity contribution in [2.24, 2.45) is 5.73 Å². The first kappa shape index (κ1) is 14.0. The van der Waals surface area contributed by atoms with Gasteiger partial charge in [-0.05, 0) is 58.0 Å². The second kappa shape index (κ2) is 4.95. The van der Waals surface area contributed by atoms with Crippen molar-refractivity contribution in [3.05, 3.63) is 34.3 Å². The molecule has 2 N–H and O–H groups in total. The molecule has 1 aromatic rings. The summed E-state index contributed by atoms with van der Waals surface area (Å²) in [5, 5.41) is 0. The molecule has 0 spiro atoms. The second-order valence-corrected chi connectivity index (χ2v) is 7.07. The Balaban J connectivity index is 2.34. The Bertz CT molecular complexity index is 413. The van der Waals surface area contributed by atoms with Crippen molar-refractivity contribution in [3.63, 3.8) is 0 Å². The van der Waals surface area contributed by atoms with Gasteiger partial charge in [0.15, 0.2) is 0 Å². The van der Waals surface area contributed by atoms with E-state index in [0.717, 1.165) is 30.4 Å². The molecule has 18 heavy (non-hydrogen) atoms. The van der Waals surface area contributed by atoms with E-state index < -0.39 is 0 Å². The fraction of sp³-hybridized carbons (Fsp3) is 0.600. The largest absolute Gasteiger partial charge is 0.330 e. The molecule has 1 fully saturated rings. The van der Waals surface area contributed by atoms with Gasteiger partial charge in [-0.15, -0.1) is 0 Å². The Hall–Kier alpha value is -0.380. The first-order valence-electron chi connectivity index (χ1n) is 6.57. The first-order valence-corrected chi connectivity index (χ1v) is 7.36. The molecule has 0 aliphatic carbocycles. The lowest BCUT2D eigenvalue weighted by molar-refractivity contribution is 0.0567. The Morgan fingerprint density at radius 1 is 1.28 bits per heavy atom. The minimum atomic E-state index is 0.136. The topological polar surface area (TPSA) is 29.3 Å². The number of piperidine rings is 1. The Kier molecular flexibility index (Phi) is 3.86. The maximum atomic E-state index is 6.14. The fourth-order valence-corrected chi connectivity index (χ4v) is 3.34. The van der Waals surface area contributed by atoms with Crippen LogP contribution in [0.15, 0.2) is 28.7 Å². The van der Waals surface area contributed by atoms with E-state index in [1.165, 1.54) is 5.56 Å². The van der Waals surface area contributed by atoms with Crippen LogP contribution in [0.2, 0.25) is 0 Å². The average Bonchev–Trinajstić information content (AvgIpc) is 2.34. The lowest BCUT2D eigenvalue weighted by Gasteiger charge is -2.50. The molecule has 3 heteroatoms. The van der Waals surface area contributed by atoms with E-state index in [-0.39, 0.29) is 11.0 Å². The van der Waals surface area contributed by atoms with Gasteiger partial charge in [0, 0.05) is 22.0 Å². The third kappa shape index (κ3) is 2.49. The summed E-state index contributed by atoms with van der Waals surface area (Å²) in [6.07, 6.45) is 2.26. The molecule has 0 amide bonds. The Labute approximate surface area is 119 Å². The third-order valence-corrected chi connectivity index (χ3v) is 5.11. The number of nitrogens with zero attached hydrogens (tertiary/aromatic N) is 1. The van der Waals surface area contributed by atoms with Crippen molar-refractivity contribution in [1.82, 2.24) is 4.90 Å². The third-order valence-electron chi connectivity index (χ3n) is 4.58. The van der Waals surface area contributed by atoms with Gasteiger partial charge in [0.2, 0.25) is 0 Å². The van der Waals surface area contributed by atoms with Crippen molar-refractivity contribution < 1.29 is 0 Å². The van der Waals surface area contributed by atoms with E-state index in [0.29, 0.717) is 0 Å². The highest BCUT2D eigenvalue weighted by Crippen LogP contribution is 2.41. The van der Waals surface area contributed by atoms with E-state index in [4.69, 9.17) is 5.73 Å². The summed E-state index contributed by atoms with van der Waals surface area (Å²) in [4.78, 5) is 2.44. The monoisotopic (exact) mass is 310 g/mol. The molecule has 0 bridgehead atoms. The lowest BCUT2D eigenvalue weighted by atomic mass is 9.67. The van der Waals surface area contributed by atoms with Gasteiger partial charge in [0.25, 0.3) is 0 Å². The number of halogens is 1. The summed E-state index contributed by atoms with van der Waals surface area (Å²) in [6.45, 7) is 6.47. The predicted octanol–water partition coefficient (Wildman–Crippen LogP) is 3.15. The maximum Gasteiger partial charge on any atom is 0.0175 e. The van der Waals surface area contributed by atoms with Gasteiger partial charge in [-0.1, -0.05) is 28.1 Å². The maximum absolute atomic E-state index is 6.14. The summed E-state index contributed by atoms with van der Waals surface area (Å²) in [6, 6.07) is 8.69. The molecular weight excluding hydrogens is 288 g/mol. The van der Waals surface area contributed by atoms with Gasteiger partial charge in [0.1, 0.15) is 0 Å². The van der Waals surface area contributed by atoms with Crippen LogP contribution in [-0.4, -0.2) is 30.6 Å². The van der Waals surface area contributed by atoms with Crippen LogP contribution in [0.25, 0.3) is 0 Å². The van der Waals surface area contributed by atoms with Gasteiger partial charge in [-0.3, -0.25) is 0 Å². The summed E-state index contributed by atoms with van der Waals surface area (Å²) in [5.74, 6) is 0. The highest BCUT2D eigenvalue weighted by molar-refractivity contribution is 9.10. The van der Waals surface area contributed by atoms with Crippen molar-refractivity contribution in [2.45, 2.75) is 37.6 Å². The van der Waals surface area contributed by atoms with E-state index in [1.807, 2.05) is 0 Å². The highest BCUT2D eigenvalue weighted by Gasteiger charge is 2.42. The van der Waals surface area contributed by atoms with Crippen LogP contribution in [0.4, 0.5) is 0 Å². The molecule has 1 unspecified atom stereocenters. The fourth-order valence-electron chi connectivity index (χ4n) is 3.08. The van der Waals surface area contributed by atoms with Crippen LogP contribution in [0, 0.1) is 0 Å². The van der Waals surface area contributed by atoms with Gasteiger partial charge < -0.3 is 10.6 Å². The van der Waals surface area contributed by atoms with Crippen LogP contribution in [-0.2, 0) is 5.41 Å². The SMILES string of the molecule is CN1CCC(CN)(c2ccc(Br)cc2)CC1(C)C. The molecule has 100 valence electrons. The standard InChI is InChI=1S/C15H23BrN2/c1-14(2)10-15(11-17,8-9-18(14)3)12-4-6-13(16)7-5-12/h4-7H,8-11,17H2,1-3H3. The van der Waals surface area contributed by atoms with E-state index >= 15 is 0 Å². The molecule has 1 aliphatic rings. The molecule has 1 aromatic carbocycles. The van der Waals surface area contributed by atoms with Gasteiger partial charge >= 0.3 is 0 Å². The molecular formula is C15H23BrN2. The highest BCUT2D eigenvalue weighted by atomic mass is 79.9. The minimum absolute atomic E-state index is 0.136. The molecule has 2 rings (SSSR count). The number of benzene rings is 1. The summed E-state index contributed by atoms with van der Waals surface area (Å²) in [5.41, 5.74) is 7.88. The zero-order valence-electron chi connectivity index (χ0n) is 11.5. The molecule has 2 nitrogen and oxygen atoms in total. The summed E-state index contributed by atoms with van der Waals surface area (Å²) < 4.78 is 1.13. The predicted molar refractivity (Wildman–Crippen MR) is 80.8 cm³/mol. The van der Waals surface area contributed by atoms with E-state index in [1.54, 1.807) is 0 Å². The van der Waals surface area contributed by atoms with Crippen LogP contribution in [0.1, 0.15) is 32.3 Å². The average molecular weight is 311 g/mol. The molecule has 0 radical (unpaired) electrons. The van der Waals surface area contributed by atoms with Crippen LogP contribution >= 0.6 is 15.9 Å². The summed E-state index contributed by atoms with van der Waals surface area (Å²) >= 11 is 3.50. The first-order chi connectivity index (χ1) is 8.39. The summed E-state index contributed by atoms with van der Waals surface area (Å²) in [7, 11) is 2.21. The van der Waals surface area contributed by atoms with Crippen molar-refractivity contribution in [2.75, 3.05) is 20.1 Å². The van der Waals surface area contributed by atoms with E-state index in [2.05, 4.69) is 66.0 Å². The van der Waals surface area contributed by atoms with Crippen LogP contribution in [0.5, 0.6) is 0 Å². The van der Waals surface area contributed by atoms with E-state index in [9.17, 15) is 0 Å². The minimum Gasteiger partial charge on any atom is -0.330 e. The second-order valence-electron chi connectivity index (χ2n) is 6.15. The van der Waals surface area contributed by atoms with Crippen LogP contribution < -0.4 is 5.73 Å². The Morgan fingerprint density at radius 2 is 1.89 bits per heavy atom. The number of hydrogen-bond acceptors (Lipinski definition) is 2. The number of hydrogen-bond donors (Lipinski definition) is 1. The number of nitrogens with two attached hydrogens (primary N) is 1. The van der Waals surface area contributed by atoms with Gasteiger partial charge in [0.05, 0.1) is 0 Å². The zero-order chi connectivity index (χ0) is 13.4. The molecule has 1 aliphatic heterocycles. The lowest BCUT2D eigenvalue weighted by Crippen LogP contribution is -2.55. The number of likely N-dealkylation sites (tertiary alicyclic amines) is 1. The van der Waals surface area contributed by atoms with Crippen molar-refractivity contribution in [3.8, 4) is 0 Å². The molecule has 1 atom stereocenters. The Morgan fingerprint density at radius 3 is 2.39 bits per heavy atom. The normalized spacial score (nSPS) is 28.3. The zero-order valence-corrected chi connectivity index (χ0v) is 13.1. The van der Waals surface area contributed by atoms with Gasteiger partial charge in [-0.25, -0.2) is 0 Å².